The Bertz CT molecular complexity index is 448. The summed E-state index contributed by atoms with van der Waals surface area (Å²) >= 11 is 0. The van der Waals surface area contributed by atoms with Gasteiger partial charge in [-0.15, -0.1) is 0 Å². The molecule has 104 valence electrons. The number of rotatable bonds is 4. The maximum atomic E-state index is 8.98. The lowest BCUT2D eigenvalue weighted by molar-refractivity contribution is 0.217. The second-order valence-electron chi connectivity index (χ2n) is 4.85. The first-order chi connectivity index (χ1) is 9.26. The van der Waals surface area contributed by atoms with E-state index in [0.29, 0.717) is 11.8 Å². The summed E-state index contributed by atoms with van der Waals surface area (Å²) in [4.78, 5) is 6.78. The first kappa shape index (κ1) is 13.8. The van der Waals surface area contributed by atoms with Crippen LogP contribution in [0.4, 0.5) is 0 Å². The van der Waals surface area contributed by atoms with Crippen molar-refractivity contribution in [1.29, 1.82) is 0 Å². The van der Waals surface area contributed by atoms with Crippen molar-refractivity contribution in [2.75, 3.05) is 20.2 Å². The minimum Gasteiger partial charge on any atom is -0.481 e. The van der Waals surface area contributed by atoms with Crippen LogP contribution in [0.2, 0.25) is 0 Å². The zero-order valence-electron chi connectivity index (χ0n) is 11.5. The normalized spacial score (nSPS) is 22.6. The van der Waals surface area contributed by atoms with Gasteiger partial charge in [0.25, 0.3) is 0 Å². The smallest absolute Gasteiger partial charge is 0.213 e. The van der Waals surface area contributed by atoms with E-state index in [2.05, 4.69) is 22.0 Å². The van der Waals surface area contributed by atoms with Crippen molar-refractivity contribution in [3.05, 3.63) is 23.9 Å². The van der Waals surface area contributed by atoms with Crippen LogP contribution in [-0.4, -0.2) is 41.0 Å². The Balaban J connectivity index is 2.00. The summed E-state index contributed by atoms with van der Waals surface area (Å²) in [6.45, 7) is 4.78. The van der Waals surface area contributed by atoms with Gasteiger partial charge in [-0.3, -0.25) is 4.90 Å². The molecule has 0 spiro atoms. The molecule has 1 unspecified atom stereocenters. The Morgan fingerprint density at radius 3 is 3.05 bits per heavy atom. The molecular weight excluding hydrogens is 242 g/mol. The van der Waals surface area contributed by atoms with Crippen LogP contribution < -0.4 is 4.74 Å². The number of piperidine rings is 1. The van der Waals surface area contributed by atoms with E-state index in [0.717, 1.165) is 43.9 Å². The van der Waals surface area contributed by atoms with E-state index in [1.54, 1.807) is 7.11 Å². The number of ether oxygens (including phenoxy) is 1. The molecule has 1 aliphatic rings. The van der Waals surface area contributed by atoms with Crippen molar-refractivity contribution >= 4 is 5.71 Å². The second kappa shape index (κ2) is 6.52. The van der Waals surface area contributed by atoms with E-state index in [1.165, 1.54) is 0 Å². The van der Waals surface area contributed by atoms with E-state index in [-0.39, 0.29) is 0 Å². The fraction of sp³-hybridized carbons (Fsp3) is 0.571. The predicted molar refractivity (Wildman–Crippen MR) is 73.7 cm³/mol. The highest BCUT2D eigenvalue weighted by Gasteiger charge is 2.24. The molecule has 1 atom stereocenters. The Labute approximate surface area is 113 Å². The van der Waals surface area contributed by atoms with Gasteiger partial charge in [-0.2, -0.15) is 0 Å². The van der Waals surface area contributed by atoms with Gasteiger partial charge in [0.15, 0.2) is 0 Å². The van der Waals surface area contributed by atoms with Crippen LogP contribution in [0.1, 0.15) is 25.5 Å². The molecule has 0 aromatic carbocycles. The zero-order chi connectivity index (χ0) is 13.7. The Morgan fingerprint density at radius 1 is 1.53 bits per heavy atom. The van der Waals surface area contributed by atoms with Crippen LogP contribution in [0.3, 0.4) is 0 Å². The molecule has 0 saturated carbocycles. The van der Waals surface area contributed by atoms with Gasteiger partial charge in [0.1, 0.15) is 0 Å². The fourth-order valence-electron chi connectivity index (χ4n) is 2.51. The van der Waals surface area contributed by atoms with E-state index in [9.17, 15) is 0 Å². The van der Waals surface area contributed by atoms with Crippen LogP contribution in [0.25, 0.3) is 0 Å². The van der Waals surface area contributed by atoms with E-state index in [1.807, 2.05) is 18.2 Å². The highest BCUT2D eigenvalue weighted by Crippen LogP contribution is 2.19. The minimum atomic E-state index is 0.351. The summed E-state index contributed by atoms with van der Waals surface area (Å²) in [6, 6.07) is 5.83. The van der Waals surface area contributed by atoms with Gasteiger partial charge in [-0.25, -0.2) is 4.98 Å². The van der Waals surface area contributed by atoms with Crippen molar-refractivity contribution in [2.45, 2.75) is 26.3 Å². The molecule has 5 heteroatoms. The van der Waals surface area contributed by atoms with Gasteiger partial charge in [-0.1, -0.05) is 18.1 Å². The third-order valence-corrected chi connectivity index (χ3v) is 3.63. The van der Waals surface area contributed by atoms with E-state index < -0.39 is 0 Å². The highest BCUT2D eigenvalue weighted by atomic mass is 16.5. The number of aromatic nitrogens is 1. The second-order valence-corrected chi connectivity index (χ2v) is 4.85. The first-order valence-electron chi connectivity index (χ1n) is 6.70. The quantitative estimate of drug-likeness (QED) is 0.668. The van der Waals surface area contributed by atoms with Gasteiger partial charge < -0.3 is 9.94 Å². The first-order valence-corrected chi connectivity index (χ1v) is 6.70. The van der Waals surface area contributed by atoms with Crippen molar-refractivity contribution in [1.82, 2.24) is 9.88 Å². The molecule has 1 N–H and O–H groups in total. The molecule has 2 rings (SSSR count). The molecule has 0 aliphatic carbocycles. The lowest BCUT2D eigenvalue weighted by Crippen LogP contribution is -2.40. The lowest BCUT2D eigenvalue weighted by atomic mass is 9.93. The van der Waals surface area contributed by atoms with Crippen LogP contribution in [0, 0.1) is 5.92 Å². The summed E-state index contributed by atoms with van der Waals surface area (Å²) in [5.41, 5.74) is 1.94. The molecule has 1 saturated heterocycles. The number of likely N-dealkylation sites (tertiary alicyclic amines) is 1. The van der Waals surface area contributed by atoms with Crippen molar-refractivity contribution in [3.63, 3.8) is 0 Å². The molecular formula is C14H21N3O2. The standard InChI is InChI=1S/C14H21N3O2/c1-3-11-9-17(8-7-13(11)16-18)10-12-5-4-6-14(15-12)19-2/h4-6,11,18H,3,7-10H2,1-2H3/b16-13+. The molecule has 2 heterocycles. The van der Waals surface area contributed by atoms with Gasteiger partial charge >= 0.3 is 0 Å². The van der Waals surface area contributed by atoms with E-state index in [4.69, 9.17) is 9.94 Å². The Kier molecular flexibility index (Phi) is 4.74. The maximum absolute atomic E-state index is 8.98. The SMILES string of the molecule is CCC1CN(Cc2cccc(OC)n2)CC/C1=N\O. The number of methoxy groups -OCH3 is 1. The van der Waals surface area contributed by atoms with Gasteiger partial charge in [0.05, 0.1) is 18.5 Å². The molecule has 1 aliphatic heterocycles. The third kappa shape index (κ3) is 3.44. The van der Waals surface area contributed by atoms with Crippen LogP contribution in [0.5, 0.6) is 5.88 Å². The van der Waals surface area contributed by atoms with Gasteiger partial charge in [-0.05, 0) is 12.5 Å². The summed E-state index contributed by atoms with van der Waals surface area (Å²) in [5, 5.41) is 12.4. The predicted octanol–water partition coefficient (Wildman–Crippen LogP) is 2.15. The average molecular weight is 263 g/mol. The Morgan fingerprint density at radius 2 is 2.37 bits per heavy atom. The fourth-order valence-corrected chi connectivity index (χ4v) is 2.51. The maximum Gasteiger partial charge on any atom is 0.213 e. The lowest BCUT2D eigenvalue weighted by Gasteiger charge is -2.32. The topological polar surface area (TPSA) is 58.0 Å². The monoisotopic (exact) mass is 263 g/mol. The molecule has 0 radical (unpaired) electrons. The molecule has 0 bridgehead atoms. The number of oxime groups is 1. The average Bonchev–Trinajstić information content (AvgIpc) is 2.47. The largest absolute Gasteiger partial charge is 0.481 e. The van der Waals surface area contributed by atoms with Crippen molar-refractivity contribution < 1.29 is 9.94 Å². The molecule has 19 heavy (non-hydrogen) atoms. The summed E-state index contributed by atoms with van der Waals surface area (Å²) < 4.78 is 5.14. The number of hydrogen-bond donors (Lipinski definition) is 1. The summed E-state index contributed by atoms with van der Waals surface area (Å²) in [6.07, 6.45) is 1.83. The molecule has 1 aromatic heterocycles. The van der Waals surface area contributed by atoms with E-state index >= 15 is 0 Å². The van der Waals surface area contributed by atoms with Crippen molar-refractivity contribution in [3.8, 4) is 5.88 Å². The highest BCUT2D eigenvalue weighted by molar-refractivity contribution is 5.87. The molecule has 1 fully saturated rings. The molecule has 1 aromatic rings. The van der Waals surface area contributed by atoms with Crippen molar-refractivity contribution in [2.24, 2.45) is 11.1 Å². The van der Waals surface area contributed by atoms with Crippen LogP contribution in [-0.2, 0) is 6.54 Å². The number of hydrogen-bond acceptors (Lipinski definition) is 5. The molecule has 0 amide bonds. The minimum absolute atomic E-state index is 0.351. The number of nitrogens with zero attached hydrogens (tertiary/aromatic N) is 3. The van der Waals surface area contributed by atoms with Gasteiger partial charge in [0, 0.05) is 38.0 Å². The Hall–Kier alpha value is -1.62. The number of pyridine rings is 1. The summed E-state index contributed by atoms with van der Waals surface area (Å²) in [5.74, 6) is 1.00. The third-order valence-electron chi connectivity index (χ3n) is 3.63. The zero-order valence-corrected chi connectivity index (χ0v) is 11.5. The molecule has 5 nitrogen and oxygen atoms in total. The van der Waals surface area contributed by atoms with Gasteiger partial charge in [0.2, 0.25) is 5.88 Å². The summed E-state index contributed by atoms with van der Waals surface area (Å²) in [7, 11) is 1.63. The van der Waals surface area contributed by atoms with Crippen LogP contribution >= 0.6 is 0 Å². The van der Waals surface area contributed by atoms with Crippen LogP contribution in [0.15, 0.2) is 23.4 Å².